The topological polar surface area (TPSA) is 20.2 Å². The summed E-state index contributed by atoms with van der Waals surface area (Å²) in [4.78, 5) is 0. The Morgan fingerprint density at radius 1 is 1.38 bits per heavy atom. The number of allylic oxidation sites excluding steroid dienone is 2. The Balaban J connectivity index is 2.24. The molecule has 0 aromatic carbocycles. The highest BCUT2D eigenvalue weighted by atomic mass is 16.3. The minimum atomic E-state index is -0.728. The smallest absolute Gasteiger partial charge is 0.0797 e. The van der Waals surface area contributed by atoms with Crippen molar-refractivity contribution in [1.82, 2.24) is 0 Å². The second kappa shape index (κ2) is 5.57. The maximum Gasteiger partial charge on any atom is 0.0797 e. The average molecular weight is 290 g/mol. The molecule has 1 saturated carbocycles. The van der Waals surface area contributed by atoms with E-state index in [1.807, 2.05) is 6.92 Å². The van der Waals surface area contributed by atoms with Gasteiger partial charge in [0.1, 0.15) is 0 Å². The van der Waals surface area contributed by atoms with E-state index in [9.17, 15) is 5.11 Å². The molecule has 4 atom stereocenters. The summed E-state index contributed by atoms with van der Waals surface area (Å²) >= 11 is 0. The Hall–Kier alpha value is -0.560. The SMILES string of the molecule is C=C[C@](C)(O)CC[C@H]1C(C)=CC[C@H]2C(C)(C)CCC[C@]12C. The van der Waals surface area contributed by atoms with Crippen molar-refractivity contribution < 1.29 is 5.11 Å². The zero-order valence-electron chi connectivity index (χ0n) is 14.7. The van der Waals surface area contributed by atoms with Crippen molar-refractivity contribution in [3.63, 3.8) is 0 Å². The van der Waals surface area contributed by atoms with E-state index in [2.05, 4.69) is 40.3 Å². The molecule has 1 N–H and O–H groups in total. The lowest BCUT2D eigenvalue weighted by Gasteiger charge is -2.57. The van der Waals surface area contributed by atoms with Crippen molar-refractivity contribution in [3.8, 4) is 0 Å². The third-order valence-electron chi connectivity index (χ3n) is 6.68. The van der Waals surface area contributed by atoms with Gasteiger partial charge in [-0.05, 0) is 68.6 Å². The molecule has 0 amide bonds. The van der Waals surface area contributed by atoms with Crippen LogP contribution >= 0.6 is 0 Å². The number of aliphatic hydroxyl groups is 1. The first-order valence-corrected chi connectivity index (χ1v) is 8.65. The molecule has 21 heavy (non-hydrogen) atoms. The number of fused-ring (bicyclic) bond motifs is 1. The van der Waals surface area contributed by atoms with Crippen molar-refractivity contribution in [2.24, 2.45) is 22.7 Å². The largest absolute Gasteiger partial charge is 0.386 e. The van der Waals surface area contributed by atoms with E-state index in [4.69, 9.17) is 0 Å². The maximum atomic E-state index is 10.3. The minimum absolute atomic E-state index is 0.401. The maximum absolute atomic E-state index is 10.3. The van der Waals surface area contributed by atoms with Crippen molar-refractivity contribution in [2.75, 3.05) is 0 Å². The van der Waals surface area contributed by atoms with Crippen molar-refractivity contribution in [3.05, 3.63) is 24.3 Å². The van der Waals surface area contributed by atoms with Crippen LogP contribution in [0.25, 0.3) is 0 Å². The fourth-order valence-corrected chi connectivity index (χ4v) is 5.23. The molecule has 120 valence electrons. The monoisotopic (exact) mass is 290 g/mol. The summed E-state index contributed by atoms with van der Waals surface area (Å²) in [6.45, 7) is 15.4. The quantitative estimate of drug-likeness (QED) is 0.678. The lowest BCUT2D eigenvalue weighted by Crippen LogP contribution is -2.48. The van der Waals surface area contributed by atoms with E-state index in [1.165, 1.54) is 25.7 Å². The van der Waals surface area contributed by atoms with Gasteiger partial charge in [0.2, 0.25) is 0 Å². The summed E-state index contributed by atoms with van der Waals surface area (Å²) in [5.74, 6) is 1.39. The van der Waals surface area contributed by atoms with Gasteiger partial charge >= 0.3 is 0 Å². The molecule has 2 aliphatic carbocycles. The second-order valence-corrected chi connectivity index (χ2v) is 8.74. The molecule has 0 radical (unpaired) electrons. The number of hydrogen-bond acceptors (Lipinski definition) is 1. The molecule has 0 aromatic heterocycles. The Bertz CT molecular complexity index is 429. The fourth-order valence-electron chi connectivity index (χ4n) is 5.23. The van der Waals surface area contributed by atoms with E-state index < -0.39 is 5.60 Å². The molecule has 2 aliphatic rings. The van der Waals surface area contributed by atoms with Gasteiger partial charge in [0, 0.05) is 0 Å². The van der Waals surface area contributed by atoms with Crippen molar-refractivity contribution in [1.29, 1.82) is 0 Å². The zero-order chi connectivity index (χ0) is 15.9. The van der Waals surface area contributed by atoms with Gasteiger partial charge in [-0.2, -0.15) is 0 Å². The first-order chi connectivity index (χ1) is 9.62. The summed E-state index contributed by atoms with van der Waals surface area (Å²) in [5.41, 5.74) is 1.67. The van der Waals surface area contributed by atoms with Crippen LogP contribution in [0.15, 0.2) is 24.3 Å². The van der Waals surface area contributed by atoms with Crippen LogP contribution in [0.1, 0.15) is 73.1 Å². The number of hydrogen-bond donors (Lipinski definition) is 1. The van der Waals surface area contributed by atoms with Crippen LogP contribution in [0, 0.1) is 22.7 Å². The molecular formula is C20H34O. The van der Waals surface area contributed by atoms with Crippen LogP contribution in [0.4, 0.5) is 0 Å². The summed E-state index contributed by atoms with van der Waals surface area (Å²) < 4.78 is 0. The molecule has 1 nitrogen and oxygen atoms in total. The third-order valence-corrected chi connectivity index (χ3v) is 6.68. The van der Waals surface area contributed by atoms with E-state index in [0.29, 0.717) is 16.7 Å². The molecule has 0 bridgehead atoms. The van der Waals surface area contributed by atoms with Crippen LogP contribution in [-0.2, 0) is 0 Å². The van der Waals surface area contributed by atoms with E-state index in [1.54, 1.807) is 11.6 Å². The molecule has 2 rings (SSSR count). The molecule has 1 fully saturated rings. The molecule has 0 spiro atoms. The summed E-state index contributed by atoms with van der Waals surface area (Å²) in [6.07, 6.45) is 11.3. The fraction of sp³-hybridized carbons (Fsp3) is 0.800. The van der Waals surface area contributed by atoms with Crippen molar-refractivity contribution in [2.45, 2.75) is 78.7 Å². The molecule has 0 aliphatic heterocycles. The Labute approximate surface area is 131 Å². The van der Waals surface area contributed by atoms with Gasteiger partial charge in [0.25, 0.3) is 0 Å². The molecule has 0 unspecified atom stereocenters. The first kappa shape index (κ1) is 16.8. The minimum Gasteiger partial charge on any atom is -0.386 e. The normalized spacial score (nSPS) is 38.1. The van der Waals surface area contributed by atoms with Gasteiger partial charge in [-0.1, -0.05) is 44.9 Å². The van der Waals surface area contributed by atoms with Crippen LogP contribution in [0.2, 0.25) is 0 Å². The third kappa shape index (κ3) is 3.13. The standard InChI is InChI=1S/C20H34O/c1-7-19(5,21)14-11-16-15(2)9-10-17-18(3,4)12-8-13-20(16,17)6/h7,9,16-17,21H,1,8,10-14H2,2-6H3/t16-,17-,19-,20+/m0/s1. The highest BCUT2D eigenvalue weighted by molar-refractivity contribution is 5.18. The van der Waals surface area contributed by atoms with Crippen LogP contribution in [-0.4, -0.2) is 10.7 Å². The highest BCUT2D eigenvalue weighted by Gasteiger charge is 2.51. The predicted molar refractivity (Wildman–Crippen MR) is 91.1 cm³/mol. The van der Waals surface area contributed by atoms with Gasteiger partial charge in [-0.15, -0.1) is 6.58 Å². The van der Waals surface area contributed by atoms with Gasteiger partial charge in [-0.3, -0.25) is 0 Å². The van der Waals surface area contributed by atoms with Gasteiger partial charge in [-0.25, -0.2) is 0 Å². The van der Waals surface area contributed by atoms with Crippen LogP contribution in [0.5, 0.6) is 0 Å². The average Bonchev–Trinajstić information content (AvgIpc) is 2.36. The van der Waals surface area contributed by atoms with Crippen LogP contribution < -0.4 is 0 Å². The van der Waals surface area contributed by atoms with Crippen molar-refractivity contribution >= 4 is 0 Å². The molecule has 0 aromatic rings. The predicted octanol–water partition coefficient (Wildman–Crippen LogP) is 5.50. The Morgan fingerprint density at radius 2 is 2.05 bits per heavy atom. The molecule has 1 heteroatoms. The van der Waals surface area contributed by atoms with E-state index in [-0.39, 0.29) is 0 Å². The lowest BCUT2D eigenvalue weighted by molar-refractivity contribution is -0.0440. The molecule has 0 heterocycles. The van der Waals surface area contributed by atoms with Gasteiger partial charge < -0.3 is 5.11 Å². The number of rotatable bonds is 4. The van der Waals surface area contributed by atoms with E-state index >= 15 is 0 Å². The van der Waals surface area contributed by atoms with E-state index in [0.717, 1.165) is 18.8 Å². The summed E-state index contributed by atoms with van der Waals surface area (Å²) in [6, 6.07) is 0. The Morgan fingerprint density at radius 3 is 2.67 bits per heavy atom. The van der Waals surface area contributed by atoms with Gasteiger partial charge in [0.15, 0.2) is 0 Å². The zero-order valence-corrected chi connectivity index (χ0v) is 14.7. The summed E-state index contributed by atoms with van der Waals surface area (Å²) in [5, 5.41) is 10.3. The Kier molecular flexibility index (Phi) is 4.46. The molecule has 0 saturated heterocycles. The highest BCUT2D eigenvalue weighted by Crippen LogP contribution is 2.60. The molecular weight excluding hydrogens is 256 g/mol. The van der Waals surface area contributed by atoms with Gasteiger partial charge in [0.05, 0.1) is 5.60 Å². The van der Waals surface area contributed by atoms with Crippen LogP contribution in [0.3, 0.4) is 0 Å². The first-order valence-electron chi connectivity index (χ1n) is 8.65. The lowest BCUT2D eigenvalue weighted by atomic mass is 9.48. The second-order valence-electron chi connectivity index (χ2n) is 8.74. The summed E-state index contributed by atoms with van der Waals surface area (Å²) in [7, 11) is 0.